The summed E-state index contributed by atoms with van der Waals surface area (Å²) in [4.78, 5) is 10.5. The van der Waals surface area contributed by atoms with Gasteiger partial charge in [-0.25, -0.2) is 0 Å². The Kier molecular flexibility index (Phi) is 5.66. The Hall–Kier alpha value is -1.39. The third-order valence-corrected chi connectivity index (χ3v) is 2.55. The monoisotopic (exact) mass is 237 g/mol. The summed E-state index contributed by atoms with van der Waals surface area (Å²) in [6.45, 7) is 1.81. The molecule has 3 N–H and O–H groups in total. The van der Waals surface area contributed by atoms with E-state index in [0.717, 1.165) is 5.56 Å². The van der Waals surface area contributed by atoms with Crippen LogP contribution in [0.3, 0.4) is 0 Å². The molecule has 4 nitrogen and oxygen atoms in total. The highest BCUT2D eigenvalue weighted by molar-refractivity contribution is 5.67. The number of rotatable bonds is 7. The fraction of sp³-hybridized carbons (Fsp3) is 0.462. The summed E-state index contributed by atoms with van der Waals surface area (Å²) in [5, 5.41) is 21.0. The SMILES string of the molecule is CC(CC(=O)O)NC(CO)Cc1ccccc1. The molecule has 0 amide bonds. The van der Waals surface area contributed by atoms with Crippen LogP contribution >= 0.6 is 0 Å². The second-order valence-corrected chi connectivity index (χ2v) is 4.23. The van der Waals surface area contributed by atoms with Crippen molar-refractivity contribution in [2.24, 2.45) is 0 Å². The number of carboxylic acid groups (broad SMARTS) is 1. The number of carbonyl (C=O) groups is 1. The minimum atomic E-state index is -0.832. The second kappa shape index (κ2) is 7.04. The molecular formula is C13H19NO3. The van der Waals surface area contributed by atoms with Crippen LogP contribution in [-0.2, 0) is 11.2 Å². The van der Waals surface area contributed by atoms with Crippen LogP contribution in [0.5, 0.6) is 0 Å². The van der Waals surface area contributed by atoms with Crippen molar-refractivity contribution in [2.45, 2.75) is 31.8 Å². The number of benzene rings is 1. The van der Waals surface area contributed by atoms with Crippen molar-refractivity contribution >= 4 is 5.97 Å². The van der Waals surface area contributed by atoms with Gasteiger partial charge in [-0.1, -0.05) is 30.3 Å². The summed E-state index contributed by atoms with van der Waals surface area (Å²) < 4.78 is 0. The first-order valence-electron chi connectivity index (χ1n) is 5.74. The molecule has 1 aromatic carbocycles. The van der Waals surface area contributed by atoms with Gasteiger partial charge in [-0.2, -0.15) is 0 Å². The summed E-state index contributed by atoms with van der Waals surface area (Å²) in [7, 11) is 0. The largest absolute Gasteiger partial charge is 0.481 e. The highest BCUT2D eigenvalue weighted by atomic mass is 16.4. The van der Waals surface area contributed by atoms with Crippen LogP contribution in [0.1, 0.15) is 18.9 Å². The predicted octanol–water partition coefficient (Wildman–Crippen LogP) is 1.04. The molecule has 0 fully saturated rings. The molecule has 0 aliphatic rings. The van der Waals surface area contributed by atoms with Crippen LogP contribution in [0.2, 0.25) is 0 Å². The Labute approximate surface area is 101 Å². The van der Waals surface area contributed by atoms with Gasteiger partial charge in [0.15, 0.2) is 0 Å². The molecular weight excluding hydrogens is 218 g/mol. The molecule has 1 aromatic rings. The zero-order valence-electron chi connectivity index (χ0n) is 9.97. The van der Waals surface area contributed by atoms with Crippen LogP contribution in [0, 0.1) is 0 Å². The van der Waals surface area contributed by atoms with Gasteiger partial charge in [0.05, 0.1) is 13.0 Å². The second-order valence-electron chi connectivity index (χ2n) is 4.23. The molecule has 17 heavy (non-hydrogen) atoms. The lowest BCUT2D eigenvalue weighted by atomic mass is 10.1. The number of aliphatic carboxylic acids is 1. The molecule has 94 valence electrons. The van der Waals surface area contributed by atoms with Crippen molar-refractivity contribution in [3.05, 3.63) is 35.9 Å². The first kappa shape index (κ1) is 13.7. The molecule has 4 heteroatoms. The smallest absolute Gasteiger partial charge is 0.304 e. The van der Waals surface area contributed by atoms with E-state index in [9.17, 15) is 9.90 Å². The van der Waals surface area contributed by atoms with Crippen molar-refractivity contribution in [1.29, 1.82) is 0 Å². The zero-order chi connectivity index (χ0) is 12.7. The molecule has 0 heterocycles. The van der Waals surface area contributed by atoms with Gasteiger partial charge in [-0.15, -0.1) is 0 Å². The van der Waals surface area contributed by atoms with Gasteiger partial charge in [-0.3, -0.25) is 4.79 Å². The van der Waals surface area contributed by atoms with E-state index in [2.05, 4.69) is 5.32 Å². The topological polar surface area (TPSA) is 69.6 Å². The maximum absolute atomic E-state index is 10.5. The molecule has 0 saturated heterocycles. The van der Waals surface area contributed by atoms with E-state index < -0.39 is 5.97 Å². The standard InChI is InChI=1S/C13H19NO3/c1-10(7-13(16)17)14-12(9-15)8-11-5-3-2-4-6-11/h2-6,10,12,14-15H,7-9H2,1H3,(H,16,17). The van der Waals surface area contributed by atoms with Crippen LogP contribution in [-0.4, -0.2) is 34.9 Å². The van der Waals surface area contributed by atoms with E-state index in [1.54, 1.807) is 0 Å². The lowest BCUT2D eigenvalue weighted by Crippen LogP contribution is -2.41. The summed E-state index contributed by atoms with van der Waals surface area (Å²) in [5.74, 6) is -0.832. The quantitative estimate of drug-likeness (QED) is 0.663. The van der Waals surface area contributed by atoms with Gasteiger partial charge >= 0.3 is 5.97 Å². The Balaban J connectivity index is 2.46. The zero-order valence-corrected chi connectivity index (χ0v) is 9.97. The fourth-order valence-electron chi connectivity index (χ4n) is 1.80. The summed E-state index contributed by atoms with van der Waals surface area (Å²) in [5.41, 5.74) is 1.13. The average molecular weight is 237 g/mol. The first-order chi connectivity index (χ1) is 8.11. The maximum atomic E-state index is 10.5. The molecule has 0 bridgehead atoms. The normalized spacial score (nSPS) is 14.2. The third kappa shape index (κ3) is 5.47. The highest BCUT2D eigenvalue weighted by Crippen LogP contribution is 2.04. The molecule has 0 aliphatic carbocycles. The van der Waals surface area contributed by atoms with E-state index in [1.165, 1.54) is 0 Å². The number of hydrogen-bond donors (Lipinski definition) is 3. The predicted molar refractivity (Wildman–Crippen MR) is 65.9 cm³/mol. The number of hydrogen-bond acceptors (Lipinski definition) is 3. The van der Waals surface area contributed by atoms with Crippen LogP contribution < -0.4 is 5.32 Å². The lowest BCUT2D eigenvalue weighted by molar-refractivity contribution is -0.137. The van der Waals surface area contributed by atoms with E-state index in [0.29, 0.717) is 6.42 Å². The van der Waals surface area contributed by atoms with Crippen molar-refractivity contribution in [2.75, 3.05) is 6.61 Å². The van der Waals surface area contributed by atoms with Gasteiger partial charge in [0, 0.05) is 12.1 Å². The minimum Gasteiger partial charge on any atom is -0.481 e. The summed E-state index contributed by atoms with van der Waals surface area (Å²) >= 11 is 0. The van der Waals surface area contributed by atoms with Gasteiger partial charge < -0.3 is 15.5 Å². The first-order valence-corrected chi connectivity index (χ1v) is 5.74. The molecule has 0 aliphatic heterocycles. The van der Waals surface area contributed by atoms with Crippen molar-refractivity contribution < 1.29 is 15.0 Å². The minimum absolute atomic E-state index is 0.00114. The van der Waals surface area contributed by atoms with Crippen molar-refractivity contribution in [3.63, 3.8) is 0 Å². The van der Waals surface area contributed by atoms with Crippen molar-refractivity contribution in [1.82, 2.24) is 5.32 Å². The number of nitrogens with one attached hydrogen (secondary N) is 1. The number of aliphatic hydroxyl groups is 1. The molecule has 0 aromatic heterocycles. The third-order valence-electron chi connectivity index (χ3n) is 2.55. The Morgan fingerprint density at radius 2 is 2.00 bits per heavy atom. The molecule has 0 radical (unpaired) electrons. The van der Waals surface area contributed by atoms with E-state index in [1.807, 2.05) is 37.3 Å². The fourth-order valence-corrected chi connectivity index (χ4v) is 1.80. The molecule has 0 saturated carbocycles. The average Bonchev–Trinajstić information content (AvgIpc) is 2.28. The Morgan fingerprint density at radius 1 is 1.35 bits per heavy atom. The molecule has 2 unspecified atom stereocenters. The molecule has 1 rings (SSSR count). The van der Waals surface area contributed by atoms with Gasteiger partial charge in [-0.05, 0) is 18.9 Å². The number of carboxylic acids is 1. The van der Waals surface area contributed by atoms with Gasteiger partial charge in [0.2, 0.25) is 0 Å². The summed E-state index contributed by atoms with van der Waals surface area (Å²) in [6, 6.07) is 9.57. The van der Waals surface area contributed by atoms with Crippen LogP contribution in [0.15, 0.2) is 30.3 Å². The summed E-state index contributed by atoms with van der Waals surface area (Å²) in [6.07, 6.45) is 0.757. The van der Waals surface area contributed by atoms with E-state index >= 15 is 0 Å². The number of aliphatic hydroxyl groups excluding tert-OH is 1. The Morgan fingerprint density at radius 3 is 2.53 bits per heavy atom. The van der Waals surface area contributed by atoms with Gasteiger partial charge in [0.25, 0.3) is 0 Å². The van der Waals surface area contributed by atoms with Gasteiger partial charge in [0.1, 0.15) is 0 Å². The lowest BCUT2D eigenvalue weighted by Gasteiger charge is -2.20. The molecule has 2 atom stereocenters. The van der Waals surface area contributed by atoms with E-state index in [-0.39, 0.29) is 25.1 Å². The van der Waals surface area contributed by atoms with Crippen molar-refractivity contribution in [3.8, 4) is 0 Å². The molecule has 0 spiro atoms. The Bertz CT molecular complexity index is 340. The van der Waals surface area contributed by atoms with Crippen LogP contribution in [0.25, 0.3) is 0 Å². The van der Waals surface area contributed by atoms with Crippen LogP contribution in [0.4, 0.5) is 0 Å². The maximum Gasteiger partial charge on any atom is 0.304 e. The van der Waals surface area contributed by atoms with E-state index in [4.69, 9.17) is 5.11 Å². The highest BCUT2D eigenvalue weighted by Gasteiger charge is 2.13.